The number of carbonyl (C=O) groups excluding carboxylic acids is 1. The lowest BCUT2D eigenvalue weighted by Crippen LogP contribution is -2.25. The lowest BCUT2D eigenvalue weighted by atomic mass is 10.2. The highest BCUT2D eigenvalue weighted by atomic mass is 32.2. The molecule has 0 aliphatic heterocycles. The fourth-order valence-corrected chi connectivity index (χ4v) is 3.86. The molecular formula is C22H23N3O5S. The molecule has 3 rings (SSSR count). The van der Waals surface area contributed by atoms with Crippen LogP contribution in [-0.4, -0.2) is 31.0 Å². The van der Waals surface area contributed by atoms with E-state index in [9.17, 15) is 18.3 Å². The maximum absolute atomic E-state index is 12.6. The number of nitrogens with one attached hydrogen (secondary N) is 2. The first kappa shape index (κ1) is 22.3. The molecule has 1 amide bonds. The Kier molecular flexibility index (Phi) is 7.22. The number of ether oxygens (including phenoxy) is 1. The van der Waals surface area contributed by atoms with Crippen molar-refractivity contribution in [3.8, 4) is 11.6 Å². The van der Waals surface area contributed by atoms with Crippen LogP contribution in [0.3, 0.4) is 0 Å². The molecule has 0 radical (unpaired) electrons. The van der Waals surface area contributed by atoms with Crippen LogP contribution in [0.1, 0.15) is 28.4 Å². The van der Waals surface area contributed by atoms with Gasteiger partial charge in [0.15, 0.2) is 0 Å². The van der Waals surface area contributed by atoms with E-state index < -0.39 is 15.9 Å². The quantitative estimate of drug-likeness (QED) is 0.470. The topological polar surface area (TPSA) is 118 Å². The Hall–Kier alpha value is -3.43. The summed E-state index contributed by atoms with van der Waals surface area (Å²) in [6.45, 7) is 2.46. The van der Waals surface area contributed by atoms with Gasteiger partial charge in [-0.25, -0.2) is 18.1 Å². The maximum Gasteiger partial charge on any atom is 0.255 e. The molecule has 0 unspecified atom stereocenters. The average molecular weight is 442 g/mol. The molecule has 0 fully saturated rings. The van der Waals surface area contributed by atoms with Gasteiger partial charge in [-0.05, 0) is 36.8 Å². The van der Waals surface area contributed by atoms with E-state index in [1.54, 1.807) is 30.5 Å². The van der Waals surface area contributed by atoms with Crippen LogP contribution in [0.2, 0.25) is 0 Å². The summed E-state index contributed by atoms with van der Waals surface area (Å²) in [4.78, 5) is 16.6. The lowest BCUT2D eigenvalue weighted by molar-refractivity contribution is 0.0947. The number of nitrogens with zero attached hydrogens (tertiary/aromatic N) is 1. The van der Waals surface area contributed by atoms with Gasteiger partial charge in [0.05, 0.1) is 17.1 Å². The van der Waals surface area contributed by atoms with Gasteiger partial charge in [-0.1, -0.05) is 36.4 Å². The molecule has 1 aromatic heterocycles. The monoisotopic (exact) mass is 441 g/mol. The van der Waals surface area contributed by atoms with Crippen molar-refractivity contribution < 1.29 is 23.1 Å². The number of sulfonamides is 1. The van der Waals surface area contributed by atoms with Crippen molar-refractivity contribution in [2.45, 2.75) is 24.9 Å². The first-order chi connectivity index (χ1) is 14.9. The van der Waals surface area contributed by atoms with Crippen molar-refractivity contribution in [2.24, 2.45) is 0 Å². The summed E-state index contributed by atoms with van der Waals surface area (Å²) >= 11 is 0. The summed E-state index contributed by atoms with van der Waals surface area (Å²) < 4.78 is 33.2. The fraction of sp³-hybridized carbons (Fsp3) is 0.182. The number of rotatable bonds is 9. The number of phenols is 1. The molecule has 3 N–H and O–H groups in total. The number of amides is 1. The van der Waals surface area contributed by atoms with Crippen LogP contribution < -0.4 is 14.8 Å². The van der Waals surface area contributed by atoms with Crippen molar-refractivity contribution in [2.75, 3.05) is 6.61 Å². The van der Waals surface area contributed by atoms with Crippen molar-refractivity contribution in [3.63, 3.8) is 0 Å². The van der Waals surface area contributed by atoms with Crippen molar-refractivity contribution in [3.05, 3.63) is 83.6 Å². The summed E-state index contributed by atoms with van der Waals surface area (Å²) in [5, 5.41) is 12.8. The number of hydrogen-bond donors (Lipinski definition) is 3. The molecule has 162 valence electrons. The summed E-state index contributed by atoms with van der Waals surface area (Å²) in [5.74, 6) is -0.546. The highest BCUT2D eigenvalue weighted by molar-refractivity contribution is 7.89. The second-order valence-corrected chi connectivity index (χ2v) is 8.34. The summed E-state index contributed by atoms with van der Waals surface area (Å²) in [6, 6.07) is 16.1. The summed E-state index contributed by atoms with van der Waals surface area (Å²) in [7, 11) is -3.88. The Bertz CT molecular complexity index is 1150. The number of pyridine rings is 1. The molecule has 1 heterocycles. The Morgan fingerprint density at radius 3 is 2.58 bits per heavy atom. The Morgan fingerprint density at radius 1 is 1.06 bits per heavy atom. The van der Waals surface area contributed by atoms with Gasteiger partial charge in [0.2, 0.25) is 15.9 Å². The minimum atomic E-state index is -3.88. The zero-order chi connectivity index (χ0) is 22.3. The molecule has 9 heteroatoms. The molecule has 0 atom stereocenters. The summed E-state index contributed by atoms with van der Waals surface area (Å²) in [5.41, 5.74) is 1.30. The van der Waals surface area contributed by atoms with Crippen molar-refractivity contribution >= 4 is 15.9 Å². The van der Waals surface area contributed by atoms with E-state index in [2.05, 4.69) is 15.0 Å². The van der Waals surface area contributed by atoms with E-state index in [1.807, 2.05) is 25.1 Å². The highest BCUT2D eigenvalue weighted by Crippen LogP contribution is 2.22. The number of carbonyl (C=O) groups is 1. The standard InChI is InChI=1S/C22H23N3O5S/c1-2-30-22-17(9-6-12-23-22)15-24-21(27)19-13-18(10-11-20(19)26)31(28,29)25-14-16-7-4-3-5-8-16/h3-13,25-26H,2,14-15H2,1H3,(H,24,27). The third-order valence-electron chi connectivity index (χ3n) is 4.40. The van der Waals surface area contributed by atoms with Gasteiger partial charge in [0.25, 0.3) is 5.91 Å². The van der Waals surface area contributed by atoms with E-state index in [0.717, 1.165) is 11.6 Å². The van der Waals surface area contributed by atoms with Gasteiger partial charge in [0, 0.05) is 24.8 Å². The van der Waals surface area contributed by atoms with Crippen molar-refractivity contribution in [1.82, 2.24) is 15.0 Å². The van der Waals surface area contributed by atoms with Crippen LogP contribution in [0.5, 0.6) is 11.6 Å². The molecule has 0 saturated carbocycles. The van der Waals surface area contributed by atoms with E-state index >= 15 is 0 Å². The van der Waals surface area contributed by atoms with E-state index in [1.165, 1.54) is 12.1 Å². The zero-order valence-corrected chi connectivity index (χ0v) is 17.7. The average Bonchev–Trinajstić information content (AvgIpc) is 2.78. The first-order valence-electron chi connectivity index (χ1n) is 9.62. The Labute approximate surface area is 181 Å². The van der Waals surface area contributed by atoms with Crippen LogP contribution in [-0.2, 0) is 23.1 Å². The van der Waals surface area contributed by atoms with Gasteiger partial charge in [-0.3, -0.25) is 4.79 Å². The molecule has 31 heavy (non-hydrogen) atoms. The molecule has 3 aromatic rings. The molecule has 8 nitrogen and oxygen atoms in total. The number of hydrogen-bond acceptors (Lipinski definition) is 6. The SMILES string of the molecule is CCOc1ncccc1CNC(=O)c1cc(S(=O)(=O)NCc2ccccc2)ccc1O. The predicted molar refractivity (Wildman–Crippen MR) is 115 cm³/mol. The number of benzene rings is 2. The highest BCUT2D eigenvalue weighted by Gasteiger charge is 2.19. The lowest BCUT2D eigenvalue weighted by Gasteiger charge is -2.12. The Morgan fingerprint density at radius 2 is 1.84 bits per heavy atom. The molecule has 0 bridgehead atoms. The van der Waals surface area contributed by atoms with Gasteiger partial charge in [0.1, 0.15) is 5.75 Å². The number of aromatic hydroxyl groups is 1. The van der Waals surface area contributed by atoms with Gasteiger partial charge in [-0.2, -0.15) is 0 Å². The van der Waals surface area contributed by atoms with Crippen LogP contribution in [0.4, 0.5) is 0 Å². The van der Waals surface area contributed by atoms with Crippen molar-refractivity contribution in [1.29, 1.82) is 0 Å². The zero-order valence-electron chi connectivity index (χ0n) is 16.9. The van der Waals surface area contributed by atoms with Gasteiger partial charge in [-0.15, -0.1) is 0 Å². The second kappa shape index (κ2) is 10.1. The minimum absolute atomic E-state index is 0.102. The largest absolute Gasteiger partial charge is 0.507 e. The van der Waals surface area contributed by atoms with E-state index in [4.69, 9.17) is 4.74 Å². The molecule has 0 saturated heterocycles. The third-order valence-corrected chi connectivity index (χ3v) is 5.80. The van der Waals surface area contributed by atoms with Crippen LogP contribution in [0, 0.1) is 0 Å². The molecular weight excluding hydrogens is 418 g/mol. The second-order valence-electron chi connectivity index (χ2n) is 6.57. The third kappa shape index (κ3) is 5.80. The smallest absolute Gasteiger partial charge is 0.255 e. The number of aromatic nitrogens is 1. The normalized spacial score (nSPS) is 11.1. The van der Waals surface area contributed by atoms with Gasteiger partial charge < -0.3 is 15.2 Å². The number of phenolic OH excluding ortho intramolecular Hbond substituents is 1. The molecule has 2 aromatic carbocycles. The summed E-state index contributed by atoms with van der Waals surface area (Å²) in [6.07, 6.45) is 1.58. The molecule has 0 spiro atoms. The van der Waals surface area contributed by atoms with Gasteiger partial charge >= 0.3 is 0 Å². The Balaban J connectivity index is 1.73. The van der Waals surface area contributed by atoms with Crippen LogP contribution >= 0.6 is 0 Å². The van der Waals surface area contributed by atoms with Crippen LogP contribution in [0.15, 0.2) is 71.8 Å². The minimum Gasteiger partial charge on any atom is -0.507 e. The van der Waals surface area contributed by atoms with E-state index in [0.29, 0.717) is 18.1 Å². The molecule has 0 aliphatic rings. The maximum atomic E-state index is 12.6. The fourth-order valence-electron chi connectivity index (χ4n) is 2.82. The first-order valence-corrected chi connectivity index (χ1v) is 11.1. The van der Waals surface area contributed by atoms with Crippen LogP contribution in [0.25, 0.3) is 0 Å². The predicted octanol–water partition coefficient (Wildman–Crippen LogP) is 2.59. The molecule has 0 aliphatic carbocycles. The van der Waals surface area contributed by atoms with E-state index in [-0.39, 0.29) is 29.3 Å².